The van der Waals surface area contributed by atoms with Crippen molar-refractivity contribution >= 4 is 64.6 Å². The van der Waals surface area contributed by atoms with Gasteiger partial charge in [0.15, 0.2) is 0 Å². The van der Waals surface area contributed by atoms with Crippen molar-refractivity contribution in [2.45, 2.75) is 31.7 Å². The Hall–Kier alpha value is -6.42. The number of hydrogen-bond donors (Lipinski definition) is 0. The molecule has 3 aliphatic rings. The summed E-state index contributed by atoms with van der Waals surface area (Å²) >= 11 is 1.96. The van der Waals surface area contributed by atoms with Crippen LogP contribution < -0.4 is 4.90 Å². The van der Waals surface area contributed by atoms with Crippen molar-refractivity contribution in [3.63, 3.8) is 0 Å². The lowest BCUT2D eigenvalue weighted by Crippen LogP contribution is -2.34. The third kappa shape index (κ3) is 5.93. The molecule has 2 unspecified atom stereocenters. The van der Waals surface area contributed by atoms with E-state index >= 15 is 0 Å². The molecular weight excluding hydrogens is 709 g/mol. The molecule has 0 spiro atoms. The SMILES string of the molecule is C1=CCC(C2=CCC(N(C3=CC=C(c4cccc5c4sc4c5ccc5c4c4ccccc4n5-c4ccccc4)CC3)c3ccc(-c4ccccc4)cc3)C=C2)C=C1. The Balaban J connectivity index is 0.983. The van der Waals surface area contributed by atoms with Crippen molar-refractivity contribution in [3.8, 4) is 16.8 Å². The summed E-state index contributed by atoms with van der Waals surface area (Å²) in [5, 5.41) is 5.35. The van der Waals surface area contributed by atoms with E-state index in [1.54, 1.807) is 0 Å². The molecule has 0 fully saturated rings. The van der Waals surface area contributed by atoms with Gasteiger partial charge in [0.2, 0.25) is 0 Å². The number of hydrogen-bond acceptors (Lipinski definition) is 2. The summed E-state index contributed by atoms with van der Waals surface area (Å²) in [6, 6.07) is 51.4. The lowest BCUT2D eigenvalue weighted by atomic mass is 9.87. The first-order valence-corrected chi connectivity index (χ1v) is 21.1. The lowest BCUT2D eigenvalue weighted by Gasteiger charge is -2.36. The van der Waals surface area contributed by atoms with Gasteiger partial charge >= 0.3 is 0 Å². The van der Waals surface area contributed by atoms with Gasteiger partial charge in [0.25, 0.3) is 0 Å². The molecule has 2 atom stereocenters. The van der Waals surface area contributed by atoms with Crippen LogP contribution >= 0.6 is 11.3 Å². The molecule has 3 aliphatic carbocycles. The molecule has 0 aliphatic heterocycles. The second kappa shape index (κ2) is 14.3. The molecule has 2 aromatic heterocycles. The number of fused-ring (bicyclic) bond motifs is 7. The number of aromatic nitrogens is 1. The van der Waals surface area contributed by atoms with E-state index < -0.39 is 0 Å². The number of allylic oxidation sites excluding steroid dienone is 10. The van der Waals surface area contributed by atoms with Gasteiger partial charge in [0.1, 0.15) is 0 Å². The highest BCUT2D eigenvalue weighted by molar-refractivity contribution is 7.27. The van der Waals surface area contributed by atoms with Crippen molar-refractivity contribution in [1.82, 2.24) is 4.57 Å². The zero-order valence-corrected chi connectivity index (χ0v) is 32.6. The monoisotopic (exact) mass is 750 g/mol. The van der Waals surface area contributed by atoms with E-state index in [-0.39, 0.29) is 6.04 Å². The molecule has 11 rings (SSSR count). The van der Waals surface area contributed by atoms with Crippen molar-refractivity contribution < 1.29 is 0 Å². The topological polar surface area (TPSA) is 8.17 Å². The number of benzene rings is 6. The van der Waals surface area contributed by atoms with Crippen LogP contribution in [0, 0.1) is 5.92 Å². The van der Waals surface area contributed by atoms with Gasteiger partial charge in [-0.3, -0.25) is 0 Å². The maximum atomic E-state index is 2.60. The van der Waals surface area contributed by atoms with Crippen molar-refractivity contribution in [2.75, 3.05) is 4.90 Å². The number of para-hydroxylation sites is 2. The highest BCUT2D eigenvalue weighted by atomic mass is 32.1. The third-order valence-corrected chi connectivity index (χ3v) is 13.5. The van der Waals surface area contributed by atoms with Crippen molar-refractivity contribution in [3.05, 3.63) is 211 Å². The average molecular weight is 751 g/mol. The highest BCUT2D eigenvalue weighted by Crippen LogP contribution is 2.46. The molecule has 0 saturated heterocycles. The van der Waals surface area contributed by atoms with Crippen LogP contribution in [0.15, 0.2) is 205 Å². The summed E-state index contributed by atoms with van der Waals surface area (Å²) in [5.41, 5.74) is 13.0. The maximum absolute atomic E-state index is 2.60. The standard InChI is InChI=1S/C54H42N2S/c1-4-13-37(14-5-1)39-23-29-43(30-24-39)55(44-31-25-40(26-32-44)38-15-6-2-7-16-38)45-33-27-41(28-34-45)46-20-12-21-47-48-35-36-51-52(54(48)57-53(46)47)49-19-10-11-22-50(49)56(51)42-17-8-3-9-18-42/h1-15,17-27,29-31,33,35-36,38,44H,16,28,32,34H2. The minimum Gasteiger partial charge on any atom is -0.338 e. The molecule has 57 heavy (non-hydrogen) atoms. The van der Waals surface area contributed by atoms with E-state index in [1.807, 2.05) is 11.3 Å². The first-order valence-electron chi connectivity index (χ1n) is 20.3. The maximum Gasteiger partial charge on any atom is 0.0556 e. The smallest absolute Gasteiger partial charge is 0.0556 e. The van der Waals surface area contributed by atoms with E-state index in [1.165, 1.54) is 86.9 Å². The normalized spacial score (nSPS) is 18.0. The van der Waals surface area contributed by atoms with Gasteiger partial charge < -0.3 is 9.47 Å². The Labute approximate surface area is 338 Å². The predicted molar refractivity (Wildman–Crippen MR) is 245 cm³/mol. The Morgan fingerprint density at radius 1 is 0.579 bits per heavy atom. The molecule has 274 valence electrons. The first kappa shape index (κ1) is 33.9. The summed E-state index contributed by atoms with van der Waals surface area (Å²) in [7, 11) is 0. The Bertz CT molecular complexity index is 3000. The molecule has 8 aromatic rings. The van der Waals surface area contributed by atoms with Gasteiger partial charge in [-0.15, -0.1) is 11.3 Å². The van der Waals surface area contributed by atoms with Gasteiger partial charge in [-0.25, -0.2) is 0 Å². The Morgan fingerprint density at radius 2 is 1.35 bits per heavy atom. The molecule has 0 N–H and O–H groups in total. The fourth-order valence-corrected chi connectivity index (χ4v) is 10.8. The fraction of sp³-hybridized carbons (Fsp3) is 0.111. The van der Waals surface area contributed by atoms with Gasteiger partial charge in [-0.1, -0.05) is 152 Å². The van der Waals surface area contributed by atoms with Crippen molar-refractivity contribution in [2.24, 2.45) is 5.92 Å². The van der Waals surface area contributed by atoms with Crippen LogP contribution in [-0.4, -0.2) is 10.6 Å². The molecular formula is C54H42N2S. The molecule has 3 heteroatoms. The first-order chi connectivity index (χ1) is 28.3. The minimum atomic E-state index is 0.257. The van der Waals surface area contributed by atoms with Crippen LogP contribution in [0.2, 0.25) is 0 Å². The molecule has 2 heterocycles. The molecule has 2 nitrogen and oxygen atoms in total. The van der Waals surface area contributed by atoms with Gasteiger partial charge in [0.05, 0.1) is 17.1 Å². The predicted octanol–water partition coefficient (Wildman–Crippen LogP) is 14.8. The highest BCUT2D eigenvalue weighted by Gasteiger charge is 2.26. The summed E-state index contributed by atoms with van der Waals surface area (Å²) in [6.45, 7) is 0. The van der Waals surface area contributed by atoms with Crippen molar-refractivity contribution in [1.29, 1.82) is 0 Å². The van der Waals surface area contributed by atoms with Crippen LogP contribution in [0.25, 0.3) is 64.4 Å². The van der Waals surface area contributed by atoms with E-state index in [0.29, 0.717) is 5.92 Å². The van der Waals surface area contributed by atoms with Crippen LogP contribution in [0.3, 0.4) is 0 Å². The third-order valence-electron chi connectivity index (χ3n) is 12.2. The second-order valence-electron chi connectivity index (χ2n) is 15.5. The number of thiophene rings is 1. The van der Waals surface area contributed by atoms with E-state index in [4.69, 9.17) is 0 Å². The zero-order chi connectivity index (χ0) is 37.7. The Kier molecular flexibility index (Phi) is 8.48. The summed E-state index contributed by atoms with van der Waals surface area (Å²) in [6.07, 6.45) is 25.2. The molecule has 0 saturated carbocycles. The van der Waals surface area contributed by atoms with Crippen LogP contribution in [-0.2, 0) is 0 Å². The quantitative estimate of drug-likeness (QED) is 0.157. The molecule has 0 radical (unpaired) electrons. The largest absolute Gasteiger partial charge is 0.338 e. The lowest BCUT2D eigenvalue weighted by molar-refractivity contribution is 0.699. The molecule has 0 amide bonds. The number of anilines is 1. The van der Waals surface area contributed by atoms with E-state index in [0.717, 1.165) is 25.7 Å². The summed E-state index contributed by atoms with van der Waals surface area (Å²) in [4.78, 5) is 2.60. The van der Waals surface area contributed by atoms with E-state index in [9.17, 15) is 0 Å². The minimum absolute atomic E-state index is 0.257. The second-order valence-corrected chi connectivity index (χ2v) is 16.5. The zero-order valence-electron chi connectivity index (χ0n) is 31.8. The molecule has 6 aromatic carbocycles. The van der Waals surface area contributed by atoms with E-state index in [2.05, 4.69) is 204 Å². The average Bonchev–Trinajstić information content (AvgIpc) is 3.84. The van der Waals surface area contributed by atoms with Crippen LogP contribution in [0.4, 0.5) is 5.69 Å². The fourth-order valence-electron chi connectivity index (χ4n) is 9.40. The number of rotatable bonds is 7. The van der Waals surface area contributed by atoms with Crippen LogP contribution in [0.1, 0.15) is 31.2 Å². The number of nitrogens with zero attached hydrogens (tertiary/aromatic N) is 2. The summed E-state index contributed by atoms with van der Waals surface area (Å²) < 4.78 is 5.18. The van der Waals surface area contributed by atoms with Gasteiger partial charge in [-0.2, -0.15) is 0 Å². The Morgan fingerprint density at radius 3 is 2.12 bits per heavy atom. The molecule has 0 bridgehead atoms. The summed E-state index contributed by atoms with van der Waals surface area (Å²) in [5.74, 6) is 0.473. The van der Waals surface area contributed by atoms with Gasteiger partial charge in [0, 0.05) is 53.9 Å². The van der Waals surface area contributed by atoms with Gasteiger partial charge in [-0.05, 0) is 96.0 Å². The van der Waals surface area contributed by atoms with Crippen LogP contribution in [0.5, 0.6) is 0 Å².